The van der Waals surface area contributed by atoms with E-state index in [9.17, 15) is 9.59 Å². The monoisotopic (exact) mass is 452 g/mol. The molecule has 0 saturated heterocycles. The van der Waals surface area contributed by atoms with Gasteiger partial charge in [0.15, 0.2) is 11.5 Å². The Kier molecular flexibility index (Phi) is 7.78. The molecule has 0 radical (unpaired) electrons. The fraction of sp³-hybridized carbons (Fsp3) is 0.593. The number of carbonyl (C=O) groups is 2. The lowest BCUT2D eigenvalue weighted by atomic mass is 9.79. The van der Waals surface area contributed by atoms with Gasteiger partial charge in [-0.1, -0.05) is 71.4 Å². The van der Waals surface area contributed by atoms with Crippen molar-refractivity contribution in [1.29, 1.82) is 0 Å². The molecule has 2 aromatic rings. The van der Waals surface area contributed by atoms with Gasteiger partial charge < -0.3 is 9.88 Å². The second-order valence-corrected chi connectivity index (χ2v) is 10.7. The number of carbonyl (C=O) groups excluding carboxylic acids is 2. The number of amides is 1. The summed E-state index contributed by atoms with van der Waals surface area (Å²) < 4.78 is 2.19. The summed E-state index contributed by atoms with van der Waals surface area (Å²) in [5.41, 5.74) is 1.95. The van der Waals surface area contributed by atoms with Crippen LogP contribution in [0, 0.1) is 11.3 Å². The SMILES string of the molecule is CCCC(C)C(=O)[C@@H](NC(=O)c1nc(-c2ccccc2)n2c1CN(C)C(C)CC2)C(C)(C)C. The maximum Gasteiger partial charge on any atom is 0.272 e. The Morgan fingerprint density at radius 1 is 1.21 bits per heavy atom. The van der Waals surface area contributed by atoms with Crippen LogP contribution < -0.4 is 5.32 Å². The highest BCUT2D eigenvalue weighted by atomic mass is 16.2. The van der Waals surface area contributed by atoms with Crippen LogP contribution in [0.1, 0.15) is 77.0 Å². The molecular weight excluding hydrogens is 412 g/mol. The molecule has 180 valence electrons. The van der Waals surface area contributed by atoms with Crippen molar-refractivity contribution in [3.05, 3.63) is 41.7 Å². The molecule has 0 bridgehead atoms. The molecule has 1 aliphatic rings. The molecule has 0 fully saturated rings. The number of nitrogens with one attached hydrogen (secondary N) is 1. The Hall–Kier alpha value is -2.47. The molecule has 1 amide bonds. The van der Waals surface area contributed by atoms with Crippen LogP contribution in [0.25, 0.3) is 11.4 Å². The first-order valence-corrected chi connectivity index (χ1v) is 12.2. The van der Waals surface area contributed by atoms with Crippen LogP contribution >= 0.6 is 0 Å². The number of hydrogen-bond acceptors (Lipinski definition) is 4. The number of benzene rings is 1. The zero-order valence-electron chi connectivity index (χ0n) is 21.3. The van der Waals surface area contributed by atoms with E-state index in [0.29, 0.717) is 18.3 Å². The predicted octanol–water partition coefficient (Wildman–Crippen LogP) is 4.92. The summed E-state index contributed by atoms with van der Waals surface area (Å²) in [6, 6.07) is 9.87. The number of aromatic nitrogens is 2. The number of hydrogen-bond donors (Lipinski definition) is 1. The highest BCUT2D eigenvalue weighted by Crippen LogP contribution is 2.29. The number of fused-ring (bicyclic) bond motifs is 1. The lowest BCUT2D eigenvalue weighted by Crippen LogP contribution is -2.51. The summed E-state index contributed by atoms with van der Waals surface area (Å²) in [5.74, 6) is 0.555. The van der Waals surface area contributed by atoms with Crippen LogP contribution in [0.2, 0.25) is 0 Å². The summed E-state index contributed by atoms with van der Waals surface area (Å²) in [5, 5.41) is 3.09. The van der Waals surface area contributed by atoms with Gasteiger partial charge in [-0.05, 0) is 32.2 Å². The van der Waals surface area contributed by atoms with Crippen molar-refractivity contribution in [3.8, 4) is 11.4 Å². The maximum atomic E-state index is 13.6. The van der Waals surface area contributed by atoms with Crippen LogP contribution in [-0.2, 0) is 17.9 Å². The molecule has 0 spiro atoms. The number of nitrogens with zero attached hydrogens (tertiary/aromatic N) is 3. The first-order valence-electron chi connectivity index (χ1n) is 12.2. The van der Waals surface area contributed by atoms with E-state index in [1.807, 2.05) is 58.0 Å². The Labute approximate surface area is 198 Å². The largest absolute Gasteiger partial charge is 0.340 e. The van der Waals surface area contributed by atoms with Crippen molar-refractivity contribution >= 4 is 11.7 Å². The normalized spacial score (nSPS) is 18.8. The van der Waals surface area contributed by atoms with Gasteiger partial charge in [-0.15, -0.1) is 0 Å². The lowest BCUT2D eigenvalue weighted by Gasteiger charge is -2.32. The molecule has 1 aromatic carbocycles. The van der Waals surface area contributed by atoms with E-state index in [0.717, 1.165) is 42.9 Å². The standard InChI is InChI=1S/C27H40N4O2/c1-8-12-18(2)23(32)24(27(4,5)6)29-26(33)22-21-17-30(7)19(3)15-16-31(21)25(28-22)20-13-10-9-11-14-20/h9-11,13-14,18-19,24H,8,12,15-17H2,1-7H3,(H,29,33)/t18?,19?,24-/m1/s1. The lowest BCUT2D eigenvalue weighted by molar-refractivity contribution is -0.126. The Balaban J connectivity index is 2.01. The van der Waals surface area contributed by atoms with Crippen LogP contribution in [0.4, 0.5) is 0 Å². The Morgan fingerprint density at radius 2 is 1.88 bits per heavy atom. The zero-order valence-corrected chi connectivity index (χ0v) is 21.3. The average molecular weight is 453 g/mol. The van der Waals surface area contributed by atoms with Crippen LogP contribution in [0.3, 0.4) is 0 Å². The van der Waals surface area contributed by atoms with E-state index >= 15 is 0 Å². The van der Waals surface area contributed by atoms with Crippen molar-refractivity contribution in [2.45, 2.75) is 86.0 Å². The molecule has 0 saturated carbocycles. The third-order valence-electron chi connectivity index (χ3n) is 6.88. The van der Waals surface area contributed by atoms with Crippen molar-refractivity contribution in [3.63, 3.8) is 0 Å². The fourth-order valence-electron chi connectivity index (χ4n) is 4.58. The molecule has 1 aliphatic heterocycles. The molecular formula is C27H40N4O2. The molecule has 33 heavy (non-hydrogen) atoms. The van der Waals surface area contributed by atoms with E-state index in [-0.39, 0.29) is 23.0 Å². The van der Waals surface area contributed by atoms with Crippen LogP contribution in [0.5, 0.6) is 0 Å². The topological polar surface area (TPSA) is 67.2 Å². The summed E-state index contributed by atoms with van der Waals surface area (Å²) in [7, 11) is 2.09. The van der Waals surface area contributed by atoms with E-state index in [4.69, 9.17) is 4.98 Å². The van der Waals surface area contributed by atoms with Gasteiger partial charge in [0.25, 0.3) is 5.91 Å². The molecule has 3 rings (SSSR count). The van der Waals surface area contributed by atoms with Gasteiger partial charge in [0.1, 0.15) is 5.82 Å². The number of imidazole rings is 1. The Morgan fingerprint density at radius 3 is 2.48 bits per heavy atom. The summed E-state index contributed by atoms with van der Waals surface area (Å²) in [4.78, 5) is 34.0. The summed E-state index contributed by atoms with van der Waals surface area (Å²) in [6.45, 7) is 13.7. The summed E-state index contributed by atoms with van der Waals surface area (Å²) in [6.07, 6.45) is 2.75. The van der Waals surface area contributed by atoms with Gasteiger partial charge in [-0.2, -0.15) is 0 Å². The quantitative estimate of drug-likeness (QED) is 0.647. The molecule has 0 aliphatic carbocycles. The van der Waals surface area contributed by atoms with Gasteiger partial charge in [-0.3, -0.25) is 14.5 Å². The minimum Gasteiger partial charge on any atom is -0.340 e. The third-order valence-corrected chi connectivity index (χ3v) is 6.88. The molecule has 1 N–H and O–H groups in total. The van der Waals surface area contributed by atoms with Gasteiger partial charge in [0.05, 0.1) is 11.7 Å². The van der Waals surface area contributed by atoms with Crippen molar-refractivity contribution < 1.29 is 9.59 Å². The van der Waals surface area contributed by atoms with E-state index in [2.05, 4.69) is 35.7 Å². The average Bonchev–Trinajstić information content (AvgIpc) is 3.05. The molecule has 6 nitrogen and oxygen atoms in total. The number of rotatable bonds is 7. The van der Waals surface area contributed by atoms with E-state index in [1.54, 1.807) is 0 Å². The molecule has 2 heterocycles. The van der Waals surface area contributed by atoms with Crippen molar-refractivity contribution in [2.24, 2.45) is 11.3 Å². The van der Waals surface area contributed by atoms with Crippen LogP contribution in [-0.4, -0.2) is 45.3 Å². The smallest absolute Gasteiger partial charge is 0.272 e. The van der Waals surface area contributed by atoms with Gasteiger partial charge in [0.2, 0.25) is 0 Å². The third kappa shape index (κ3) is 5.55. The number of ketones is 1. The minimum absolute atomic E-state index is 0.0921. The van der Waals surface area contributed by atoms with Crippen molar-refractivity contribution in [1.82, 2.24) is 19.8 Å². The first-order chi connectivity index (χ1) is 15.5. The molecule has 1 aromatic heterocycles. The minimum atomic E-state index is -0.563. The first kappa shape index (κ1) is 25.2. The molecule has 2 unspecified atom stereocenters. The zero-order chi connectivity index (χ0) is 24.3. The summed E-state index contributed by atoms with van der Waals surface area (Å²) >= 11 is 0. The van der Waals surface area contributed by atoms with Crippen LogP contribution in [0.15, 0.2) is 30.3 Å². The van der Waals surface area contributed by atoms with Crippen molar-refractivity contribution in [2.75, 3.05) is 7.05 Å². The van der Waals surface area contributed by atoms with E-state index < -0.39 is 6.04 Å². The van der Waals surface area contributed by atoms with Gasteiger partial charge in [0, 0.05) is 30.6 Å². The highest BCUT2D eigenvalue weighted by molar-refractivity contribution is 5.98. The maximum absolute atomic E-state index is 13.6. The van der Waals surface area contributed by atoms with E-state index in [1.165, 1.54) is 0 Å². The second kappa shape index (κ2) is 10.2. The highest BCUT2D eigenvalue weighted by Gasteiger charge is 2.37. The predicted molar refractivity (Wildman–Crippen MR) is 133 cm³/mol. The van der Waals surface area contributed by atoms with Gasteiger partial charge >= 0.3 is 0 Å². The second-order valence-electron chi connectivity index (χ2n) is 10.7. The number of Topliss-reactive ketones (excluding diaryl/α,β-unsaturated/α-hetero) is 1. The molecule has 3 atom stereocenters. The Bertz CT molecular complexity index is 974. The fourth-order valence-corrected chi connectivity index (χ4v) is 4.58. The van der Waals surface area contributed by atoms with Gasteiger partial charge in [-0.25, -0.2) is 4.98 Å². The molecule has 6 heteroatoms.